The Morgan fingerprint density at radius 1 is 1.44 bits per heavy atom. The van der Waals surface area contributed by atoms with E-state index in [4.69, 9.17) is 11.5 Å². The summed E-state index contributed by atoms with van der Waals surface area (Å²) in [6, 6.07) is 2.93. The van der Waals surface area contributed by atoms with Crippen molar-refractivity contribution in [2.24, 2.45) is 11.7 Å². The summed E-state index contributed by atoms with van der Waals surface area (Å²) in [7, 11) is 0. The molecule has 0 radical (unpaired) electrons. The van der Waals surface area contributed by atoms with E-state index < -0.39 is 5.91 Å². The molecule has 0 unspecified atom stereocenters. The maximum absolute atomic E-state index is 13.4. The Hall–Kier alpha value is -1.78. The maximum Gasteiger partial charge on any atom is 0.236 e. The first-order valence-electron chi connectivity index (χ1n) is 5.90. The quantitative estimate of drug-likeness (QED) is 0.784. The lowest BCUT2D eigenvalue weighted by Crippen LogP contribution is -2.36. The predicted octanol–water partition coefficient (Wildman–Crippen LogP) is 1.66. The van der Waals surface area contributed by atoms with Gasteiger partial charge in [-0.15, -0.1) is 0 Å². The van der Waals surface area contributed by atoms with Gasteiger partial charge < -0.3 is 16.4 Å². The molecule has 0 spiro atoms. The van der Waals surface area contributed by atoms with Gasteiger partial charge in [0.1, 0.15) is 5.82 Å². The molecule has 0 aliphatic rings. The van der Waals surface area contributed by atoms with Crippen LogP contribution in [-0.4, -0.2) is 19.0 Å². The molecule has 4 N–H and O–H groups in total. The number of carbonyl (C=O) groups excluding carboxylic acids is 1. The van der Waals surface area contributed by atoms with E-state index in [2.05, 4.69) is 0 Å². The predicted molar refractivity (Wildman–Crippen MR) is 71.8 cm³/mol. The van der Waals surface area contributed by atoms with Crippen LogP contribution in [0.2, 0.25) is 0 Å². The topological polar surface area (TPSA) is 72.3 Å². The van der Waals surface area contributed by atoms with Crippen LogP contribution in [-0.2, 0) is 4.79 Å². The number of aryl methyl sites for hydroxylation is 1. The van der Waals surface area contributed by atoms with Gasteiger partial charge in [0, 0.05) is 6.54 Å². The molecule has 0 bridgehead atoms. The highest BCUT2D eigenvalue weighted by molar-refractivity contribution is 5.81. The Bertz CT molecular complexity index is 446. The van der Waals surface area contributed by atoms with E-state index in [0.29, 0.717) is 29.4 Å². The molecule has 0 aliphatic carbocycles. The molecule has 1 aromatic rings. The number of halogens is 1. The number of amides is 1. The van der Waals surface area contributed by atoms with Crippen LogP contribution in [0.25, 0.3) is 0 Å². The number of rotatable bonds is 5. The lowest BCUT2D eigenvalue weighted by molar-refractivity contribution is -0.116. The second kappa shape index (κ2) is 5.71. The number of benzene rings is 1. The smallest absolute Gasteiger partial charge is 0.236 e. The molecule has 0 atom stereocenters. The normalized spacial score (nSPS) is 10.7. The molecule has 1 aromatic carbocycles. The molecule has 18 heavy (non-hydrogen) atoms. The van der Waals surface area contributed by atoms with Crippen molar-refractivity contribution >= 4 is 17.3 Å². The molecule has 0 fully saturated rings. The number of hydrogen-bond donors (Lipinski definition) is 2. The summed E-state index contributed by atoms with van der Waals surface area (Å²) in [4.78, 5) is 12.9. The van der Waals surface area contributed by atoms with Crippen LogP contribution in [0.5, 0.6) is 0 Å². The fourth-order valence-corrected chi connectivity index (χ4v) is 1.83. The van der Waals surface area contributed by atoms with Crippen LogP contribution in [0.15, 0.2) is 12.1 Å². The number of hydrogen-bond acceptors (Lipinski definition) is 3. The Morgan fingerprint density at radius 3 is 2.56 bits per heavy atom. The average Bonchev–Trinajstić information content (AvgIpc) is 2.21. The molecule has 1 amide bonds. The second-order valence-electron chi connectivity index (χ2n) is 4.90. The fourth-order valence-electron chi connectivity index (χ4n) is 1.83. The van der Waals surface area contributed by atoms with E-state index in [0.717, 1.165) is 0 Å². The Kier molecular flexibility index (Phi) is 4.53. The van der Waals surface area contributed by atoms with Gasteiger partial charge in [-0.3, -0.25) is 4.79 Å². The standard InChI is InChI=1S/C13H20FN3O/c1-8(2)6-17(7-13(16)18)12-4-9(3)10(14)5-11(12)15/h4-5,8H,6-7,15H2,1-3H3,(H2,16,18). The number of nitrogen functional groups attached to an aromatic ring is 1. The fraction of sp³-hybridized carbons (Fsp3) is 0.462. The van der Waals surface area contributed by atoms with Gasteiger partial charge in [-0.1, -0.05) is 13.8 Å². The van der Waals surface area contributed by atoms with Gasteiger partial charge in [0.05, 0.1) is 17.9 Å². The van der Waals surface area contributed by atoms with E-state index in [9.17, 15) is 9.18 Å². The largest absolute Gasteiger partial charge is 0.397 e. The number of anilines is 2. The number of primary amides is 1. The van der Waals surface area contributed by atoms with Gasteiger partial charge >= 0.3 is 0 Å². The lowest BCUT2D eigenvalue weighted by Gasteiger charge is -2.27. The van der Waals surface area contributed by atoms with Crippen molar-refractivity contribution in [1.29, 1.82) is 0 Å². The van der Waals surface area contributed by atoms with E-state index >= 15 is 0 Å². The molecular formula is C13H20FN3O. The average molecular weight is 253 g/mol. The Balaban J connectivity index is 3.11. The number of nitrogens with two attached hydrogens (primary N) is 2. The minimum Gasteiger partial charge on any atom is -0.397 e. The maximum atomic E-state index is 13.4. The molecular weight excluding hydrogens is 233 g/mol. The van der Waals surface area contributed by atoms with Crippen LogP contribution in [0.4, 0.5) is 15.8 Å². The zero-order valence-corrected chi connectivity index (χ0v) is 11.0. The highest BCUT2D eigenvalue weighted by Gasteiger charge is 2.15. The third-order valence-corrected chi connectivity index (χ3v) is 2.58. The van der Waals surface area contributed by atoms with Gasteiger partial charge in [-0.05, 0) is 30.5 Å². The molecule has 0 aliphatic heterocycles. The third-order valence-electron chi connectivity index (χ3n) is 2.58. The zero-order valence-electron chi connectivity index (χ0n) is 11.0. The van der Waals surface area contributed by atoms with E-state index in [1.807, 2.05) is 13.8 Å². The summed E-state index contributed by atoms with van der Waals surface area (Å²) in [5, 5.41) is 0. The van der Waals surface area contributed by atoms with Crippen LogP contribution in [0, 0.1) is 18.7 Å². The lowest BCUT2D eigenvalue weighted by atomic mass is 10.1. The minimum absolute atomic E-state index is 0.0768. The van der Waals surface area contributed by atoms with Crippen molar-refractivity contribution in [2.75, 3.05) is 23.7 Å². The summed E-state index contributed by atoms with van der Waals surface area (Å²) < 4.78 is 13.4. The zero-order chi connectivity index (χ0) is 13.9. The highest BCUT2D eigenvalue weighted by atomic mass is 19.1. The monoisotopic (exact) mass is 253 g/mol. The Morgan fingerprint density at radius 2 is 2.06 bits per heavy atom. The van der Waals surface area contributed by atoms with E-state index in [1.54, 1.807) is 17.9 Å². The molecule has 0 saturated heterocycles. The first kappa shape index (κ1) is 14.3. The molecule has 4 nitrogen and oxygen atoms in total. The summed E-state index contributed by atoms with van der Waals surface area (Å²) in [5.41, 5.74) is 12.5. The van der Waals surface area contributed by atoms with Crippen LogP contribution in [0.1, 0.15) is 19.4 Å². The van der Waals surface area contributed by atoms with Gasteiger partial charge in [-0.2, -0.15) is 0 Å². The number of nitrogens with zero attached hydrogens (tertiary/aromatic N) is 1. The molecule has 100 valence electrons. The minimum atomic E-state index is -0.433. The van der Waals surface area contributed by atoms with Crippen LogP contribution in [0.3, 0.4) is 0 Å². The van der Waals surface area contributed by atoms with Gasteiger partial charge in [0.25, 0.3) is 0 Å². The van der Waals surface area contributed by atoms with E-state index in [1.165, 1.54) is 6.07 Å². The van der Waals surface area contributed by atoms with Gasteiger partial charge in [0.2, 0.25) is 5.91 Å². The van der Waals surface area contributed by atoms with Crippen molar-refractivity contribution in [3.63, 3.8) is 0 Å². The van der Waals surface area contributed by atoms with Crippen molar-refractivity contribution in [1.82, 2.24) is 0 Å². The first-order chi connectivity index (χ1) is 8.31. The van der Waals surface area contributed by atoms with Crippen molar-refractivity contribution in [3.05, 3.63) is 23.5 Å². The Labute approximate surface area is 107 Å². The second-order valence-corrected chi connectivity index (χ2v) is 4.90. The molecule has 0 heterocycles. The summed E-state index contributed by atoms with van der Waals surface area (Å²) in [6.07, 6.45) is 0. The van der Waals surface area contributed by atoms with Crippen molar-refractivity contribution in [2.45, 2.75) is 20.8 Å². The van der Waals surface area contributed by atoms with Gasteiger partial charge in [-0.25, -0.2) is 4.39 Å². The SMILES string of the molecule is Cc1cc(N(CC(N)=O)CC(C)C)c(N)cc1F. The van der Waals surface area contributed by atoms with E-state index in [-0.39, 0.29) is 12.4 Å². The molecule has 5 heteroatoms. The van der Waals surface area contributed by atoms with Crippen molar-refractivity contribution in [3.8, 4) is 0 Å². The highest BCUT2D eigenvalue weighted by Crippen LogP contribution is 2.27. The van der Waals surface area contributed by atoms with Crippen LogP contribution < -0.4 is 16.4 Å². The first-order valence-corrected chi connectivity index (χ1v) is 5.90. The summed E-state index contributed by atoms with van der Waals surface area (Å²) in [5.74, 6) is -0.439. The molecule has 1 rings (SSSR count). The molecule has 0 saturated carbocycles. The molecule has 0 aromatic heterocycles. The summed E-state index contributed by atoms with van der Waals surface area (Å²) >= 11 is 0. The van der Waals surface area contributed by atoms with Crippen molar-refractivity contribution < 1.29 is 9.18 Å². The number of carbonyl (C=O) groups is 1. The summed E-state index contributed by atoms with van der Waals surface area (Å²) in [6.45, 7) is 6.43. The van der Waals surface area contributed by atoms with Gasteiger partial charge in [0.15, 0.2) is 0 Å². The third kappa shape index (κ3) is 3.61. The van der Waals surface area contributed by atoms with Crippen LogP contribution >= 0.6 is 0 Å².